The summed E-state index contributed by atoms with van der Waals surface area (Å²) in [6, 6.07) is 5.24. The summed E-state index contributed by atoms with van der Waals surface area (Å²) in [5.41, 5.74) is 0.593. The lowest BCUT2D eigenvalue weighted by Gasteiger charge is -2.27. The number of nitrogens with one attached hydrogen (secondary N) is 1. The third-order valence-electron chi connectivity index (χ3n) is 3.39. The molecule has 0 atom stereocenters. The molecular weight excluding hydrogens is 340 g/mol. The summed E-state index contributed by atoms with van der Waals surface area (Å²) in [4.78, 5) is 26.1. The summed E-state index contributed by atoms with van der Waals surface area (Å²) >= 11 is 5.03. The lowest BCUT2D eigenvalue weighted by atomic mass is 10.1. The molecule has 6 nitrogen and oxygen atoms in total. The highest BCUT2D eigenvalue weighted by Gasteiger charge is 2.32. The Morgan fingerprint density at radius 1 is 1.24 bits per heavy atom. The third-order valence-corrected chi connectivity index (χ3v) is 3.72. The van der Waals surface area contributed by atoms with E-state index in [4.69, 9.17) is 21.7 Å². The normalized spacial score (nSPS) is 16.0. The van der Waals surface area contributed by atoms with Crippen molar-refractivity contribution in [1.82, 2.24) is 10.2 Å². The predicted octanol–water partition coefficient (Wildman–Crippen LogP) is 2.30. The standard InChI is InChI=1S/C18H20N2O4S/c1-4-9-20-17(22)14(16(21)19-18(20)25)10-12-7-8-13(23-5-2)11-15(12)24-6-3/h4,7-8,10-11H,1,5-6,9H2,2-3H3,(H,19,21,25)/b14-10+. The molecule has 1 aromatic carbocycles. The maximum Gasteiger partial charge on any atom is 0.265 e. The molecule has 132 valence electrons. The van der Waals surface area contributed by atoms with E-state index in [1.807, 2.05) is 13.8 Å². The molecule has 1 saturated heterocycles. The number of hydrogen-bond acceptors (Lipinski definition) is 5. The van der Waals surface area contributed by atoms with Crippen LogP contribution in [0.15, 0.2) is 36.4 Å². The largest absolute Gasteiger partial charge is 0.494 e. The second kappa shape index (κ2) is 8.43. The van der Waals surface area contributed by atoms with Gasteiger partial charge >= 0.3 is 0 Å². The molecule has 2 rings (SSSR count). The topological polar surface area (TPSA) is 67.9 Å². The molecule has 1 aliphatic heterocycles. The Morgan fingerprint density at radius 3 is 2.60 bits per heavy atom. The summed E-state index contributed by atoms with van der Waals surface area (Å²) in [5.74, 6) is 0.184. The van der Waals surface area contributed by atoms with Crippen molar-refractivity contribution in [2.24, 2.45) is 0 Å². The fourth-order valence-corrected chi connectivity index (χ4v) is 2.57. The molecule has 0 bridgehead atoms. The van der Waals surface area contributed by atoms with Crippen LogP contribution in [-0.2, 0) is 9.59 Å². The molecule has 1 aliphatic rings. The van der Waals surface area contributed by atoms with Gasteiger partial charge in [0, 0.05) is 18.2 Å². The monoisotopic (exact) mass is 360 g/mol. The maximum absolute atomic E-state index is 12.6. The predicted molar refractivity (Wildman–Crippen MR) is 99.4 cm³/mol. The molecule has 0 radical (unpaired) electrons. The summed E-state index contributed by atoms with van der Waals surface area (Å²) in [5, 5.41) is 2.59. The van der Waals surface area contributed by atoms with Gasteiger partial charge in [0.1, 0.15) is 17.1 Å². The summed E-state index contributed by atoms with van der Waals surface area (Å²) in [6.07, 6.45) is 3.04. The van der Waals surface area contributed by atoms with Gasteiger partial charge in [0.15, 0.2) is 5.11 Å². The van der Waals surface area contributed by atoms with Crippen LogP contribution in [0.2, 0.25) is 0 Å². The van der Waals surface area contributed by atoms with Crippen LogP contribution in [0.3, 0.4) is 0 Å². The van der Waals surface area contributed by atoms with Gasteiger partial charge in [0.25, 0.3) is 11.8 Å². The Bertz CT molecular complexity index is 743. The molecule has 0 aromatic heterocycles. The molecule has 1 aromatic rings. The van der Waals surface area contributed by atoms with E-state index in [1.165, 1.54) is 11.0 Å². The SMILES string of the molecule is C=CCN1C(=O)/C(=C/c2ccc(OCC)cc2OCC)C(=O)NC1=S. The van der Waals surface area contributed by atoms with Crippen molar-refractivity contribution in [3.8, 4) is 11.5 Å². The molecule has 1 fully saturated rings. The number of nitrogens with zero attached hydrogens (tertiary/aromatic N) is 1. The first kappa shape index (κ1) is 18.7. The Kier molecular flexibility index (Phi) is 6.30. The smallest absolute Gasteiger partial charge is 0.265 e. The molecule has 25 heavy (non-hydrogen) atoms. The summed E-state index contributed by atoms with van der Waals surface area (Å²) in [6.45, 7) is 8.53. The van der Waals surface area contributed by atoms with E-state index in [2.05, 4.69) is 11.9 Å². The van der Waals surface area contributed by atoms with Crippen LogP contribution < -0.4 is 14.8 Å². The molecule has 1 N–H and O–H groups in total. The number of ether oxygens (including phenoxy) is 2. The van der Waals surface area contributed by atoms with Crippen LogP contribution >= 0.6 is 12.2 Å². The average Bonchev–Trinajstić information content (AvgIpc) is 2.57. The fourth-order valence-electron chi connectivity index (χ4n) is 2.32. The third kappa shape index (κ3) is 4.24. The molecule has 0 saturated carbocycles. The molecule has 0 aliphatic carbocycles. The lowest BCUT2D eigenvalue weighted by molar-refractivity contribution is -0.128. The van der Waals surface area contributed by atoms with Crippen molar-refractivity contribution in [2.45, 2.75) is 13.8 Å². The van der Waals surface area contributed by atoms with Crippen LogP contribution in [-0.4, -0.2) is 41.6 Å². The first-order valence-corrected chi connectivity index (χ1v) is 8.32. The second-order valence-corrected chi connectivity index (χ2v) is 5.47. The number of thiocarbonyl (C=S) groups is 1. The lowest BCUT2D eigenvalue weighted by Crippen LogP contribution is -2.53. The first-order chi connectivity index (χ1) is 12.0. The fraction of sp³-hybridized carbons (Fsp3) is 0.278. The van der Waals surface area contributed by atoms with E-state index in [0.717, 1.165) is 0 Å². The molecule has 0 spiro atoms. The zero-order valence-corrected chi connectivity index (χ0v) is 15.0. The second-order valence-electron chi connectivity index (χ2n) is 5.09. The van der Waals surface area contributed by atoms with Crippen molar-refractivity contribution >= 4 is 35.2 Å². The number of hydrogen-bond donors (Lipinski definition) is 1. The Labute approximate surface area is 152 Å². The summed E-state index contributed by atoms with van der Waals surface area (Å²) < 4.78 is 11.1. The summed E-state index contributed by atoms with van der Waals surface area (Å²) in [7, 11) is 0. The maximum atomic E-state index is 12.6. The Morgan fingerprint density at radius 2 is 1.96 bits per heavy atom. The van der Waals surface area contributed by atoms with Gasteiger partial charge in [-0.25, -0.2) is 0 Å². The van der Waals surface area contributed by atoms with Gasteiger partial charge in [-0.1, -0.05) is 6.08 Å². The van der Waals surface area contributed by atoms with E-state index in [9.17, 15) is 9.59 Å². The van der Waals surface area contributed by atoms with Gasteiger partial charge in [0.05, 0.1) is 13.2 Å². The van der Waals surface area contributed by atoms with Crippen LogP contribution in [0.4, 0.5) is 0 Å². The van der Waals surface area contributed by atoms with Gasteiger partial charge in [-0.3, -0.25) is 19.8 Å². The van der Waals surface area contributed by atoms with E-state index < -0.39 is 11.8 Å². The van der Waals surface area contributed by atoms with Gasteiger partial charge in [-0.2, -0.15) is 0 Å². The van der Waals surface area contributed by atoms with E-state index in [1.54, 1.807) is 24.3 Å². The van der Waals surface area contributed by atoms with E-state index in [-0.39, 0.29) is 17.2 Å². The van der Waals surface area contributed by atoms with Crippen molar-refractivity contribution in [2.75, 3.05) is 19.8 Å². The van der Waals surface area contributed by atoms with Crippen LogP contribution in [0.1, 0.15) is 19.4 Å². The minimum atomic E-state index is -0.536. The van der Waals surface area contributed by atoms with Gasteiger partial charge in [-0.15, -0.1) is 6.58 Å². The molecule has 1 heterocycles. The number of benzene rings is 1. The minimum absolute atomic E-state index is 0.0134. The van der Waals surface area contributed by atoms with Gasteiger partial charge < -0.3 is 9.47 Å². The highest BCUT2D eigenvalue weighted by molar-refractivity contribution is 7.80. The van der Waals surface area contributed by atoms with Crippen molar-refractivity contribution in [3.05, 3.63) is 42.0 Å². The Hall–Kier alpha value is -2.67. The zero-order chi connectivity index (χ0) is 18.4. The highest BCUT2D eigenvalue weighted by atomic mass is 32.1. The molecule has 7 heteroatoms. The van der Waals surface area contributed by atoms with Crippen LogP contribution in [0, 0.1) is 0 Å². The molecule has 0 unspecified atom stereocenters. The number of carbonyl (C=O) groups is 2. The quantitative estimate of drug-likeness (QED) is 0.350. The van der Waals surface area contributed by atoms with Crippen LogP contribution in [0.5, 0.6) is 11.5 Å². The van der Waals surface area contributed by atoms with Crippen molar-refractivity contribution < 1.29 is 19.1 Å². The van der Waals surface area contributed by atoms with Gasteiger partial charge in [-0.05, 0) is 44.3 Å². The number of amides is 2. The number of carbonyl (C=O) groups excluding carboxylic acids is 2. The highest BCUT2D eigenvalue weighted by Crippen LogP contribution is 2.28. The van der Waals surface area contributed by atoms with Crippen molar-refractivity contribution in [3.63, 3.8) is 0 Å². The molecule has 2 amide bonds. The van der Waals surface area contributed by atoms with Crippen molar-refractivity contribution in [1.29, 1.82) is 0 Å². The Balaban J connectivity index is 2.43. The average molecular weight is 360 g/mol. The first-order valence-electron chi connectivity index (χ1n) is 7.91. The minimum Gasteiger partial charge on any atom is -0.494 e. The van der Waals surface area contributed by atoms with E-state index >= 15 is 0 Å². The van der Waals surface area contributed by atoms with E-state index in [0.29, 0.717) is 30.3 Å². The molecular formula is C18H20N2O4S. The van der Waals surface area contributed by atoms with Crippen LogP contribution in [0.25, 0.3) is 6.08 Å². The zero-order valence-electron chi connectivity index (χ0n) is 14.2. The number of rotatable bonds is 7. The van der Waals surface area contributed by atoms with Gasteiger partial charge in [0.2, 0.25) is 0 Å².